The lowest BCUT2D eigenvalue weighted by Crippen LogP contribution is -2.53. The number of allylic oxidation sites excluding steroid dienone is 4. The van der Waals surface area contributed by atoms with Crippen molar-refractivity contribution in [3.63, 3.8) is 0 Å². The summed E-state index contributed by atoms with van der Waals surface area (Å²) < 4.78 is 0. The van der Waals surface area contributed by atoms with Crippen molar-refractivity contribution < 1.29 is 0 Å². The first-order valence-corrected chi connectivity index (χ1v) is 22.7. The topological polar surface area (TPSA) is 6.48 Å². The molecule has 7 saturated carbocycles. The van der Waals surface area contributed by atoms with Crippen LogP contribution in [0.3, 0.4) is 0 Å². The van der Waals surface area contributed by atoms with Crippen molar-refractivity contribution in [2.24, 2.45) is 59.2 Å². The lowest BCUT2D eigenvalue weighted by molar-refractivity contribution is 0.00264. The maximum absolute atomic E-state index is 3.40. The van der Waals surface area contributed by atoms with Gasteiger partial charge in [-0.15, -0.1) is 0 Å². The Kier molecular flexibility index (Phi) is 9.19. The molecule has 0 aromatic carbocycles. The van der Waals surface area contributed by atoms with Crippen molar-refractivity contribution in [1.82, 2.24) is 9.80 Å². The molecule has 48 heavy (non-hydrogen) atoms. The number of likely N-dealkylation sites (tertiary alicyclic amines) is 2. The fraction of sp³-hybridized carbons (Fsp3) is 0.913. The summed E-state index contributed by atoms with van der Waals surface area (Å²) in [7, 11) is 0. The van der Waals surface area contributed by atoms with Crippen LogP contribution >= 0.6 is 0 Å². The summed E-state index contributed by atoms with van der Waals surface area (Å²) in [6.45, 7) is 0. The number of hydrogen-bond donors (Lipinski definition) is 0. The van der Waals surface area contributed by atoms with E-state index in [1.165, 1.54) is 64.2 Å². The molecule has 2 heteroatoms. The quantitative estimate of drug-likeness (QED) is 0.298. The minimum Gasteiger partial charge on any atom is -0.294 e. The molecule has 0 aromatic rings. The van der Waals surface area contributed by atoms with Gasteiger partial charge in [-0.05, 0) is 162 Å². The molecule has 14 unspecified atom stereocenters. The Bertz CT molecular complexity index is 1160. The molecule has 0 radical (unpaired) electrons. The van der Waals surface area contributed by atoms with Gasteiger partial charge in [0.15, 0.2) is 0 Å². The SMILES string of the molecule is C1=CCC(C2CCC(N3C4CCCCC4C4C5C6CCCCC6N(C6CCCC(C7CCC8CCCCC8C7)C6)C5CCC43)CC2)C=C1. The molecular weight excluding hydrogens is 581 g/mol. The van der Waals surface area contributed by atoms with Gasteiger partial charge in [-0.1, -0.05) is 88.5 Å². The predicted octanol–water partition coefficient (Wildman–Crippen LogP) is 11.4. The third kappa shape index (κ3) is 5.60. The Balaban J connectivity index is 0.878. The monoisotopic (exact) mass is 653 g/mol. The normalized spacial score (nSPS) is 52.6. The van der Waals surface area contributed by atoms with Gasteiger partial charge in [0.25, 0.3) is 0 Å². The predicted molar refractivity (Wildman–Crippen MR) is 200 cm³/mol. The highest BCUT2D eigenvalue weighted by Crippen LogP contribution is 2.61. The third-order valence-corrected chi connectivity index (χ3v) is 18.3. The third-order valence-electron chi connectivity index (χ3n) is 18.3. The molecule has 266 valence electrons. The van der Waals surface area contributed by atoms with Crippen molar-refractivity contribution in [2.45, 2.75) is 203 Å². The lowest BCUT2D eigenvalue weighted by Gasteiger charge is -2.49. The van der Waals surface area contributed by atoms with Gasteiger partial charge in [-0.2, -0.15) is 0 Å². The van der Waals surface area contributed by atoms with E-state index >= 15 is 0 Å². The summed E-state index contributed by atoms with van der Waals surface area (Å²) in [5, 5.41) is 0. The van der Waals surface area contributed by atoms with Crippen molar-refractivity contribution in [3.05, 3.63) is 24.3 Å². The molecule has 2 saturated heterocycles. The van der Waals surface area contributed by atoms with Gasteiger partial charge in [-0.25, -0.2) is 0 Å². The van der Waals surface area contributed by atoms with Gasteiger partial charge in [0.05, 0.1) is 0 Å². The Morgan fingerprint density at radius 3 is 1.65 bits per heavy atom. The highest BCUT2D eigenvalue weighted by atomic mass is 15.3. The van der Waals surface area contributed by atoms with Crippen LogP contribution in [0.2, 0.25) is 0 Å². The molecule has 0 bridgehead atoms. The van der Waals surface area contributed by atoms with Crippen molar-refractivity contribution in [1.29, 1.82) is 0 Å². The van der Waals surface area contributed by atoms with E-state index < -0.39 is 0 Å². The molecule has 14 atom stereocenters. The summed E-state index contributed by atoms with van der Waals surface area (Å²) in [6, 6.07) is 5.61. The van der Waals surface area contributed by atoms with Crippen LogP contribution in [0.25, 0.3) is 0 Å². The van der Waals surface area contributed by atoms with Crippen LogP contribution in [0.5, 0.6) is 0 Å². The zero-order valence-electron chi connectivity index (χ0n) is 30.8. The van der Waals surface area contributed by atoms with E-state index in [0.29, 0.717) is 0 Å². The van der Waals surface area contributed by atoms with Crippen LogP contribution in [0, 0.1) is 59.2 Å². The second-order valence-corrected chi connectivity index (χ2v) is 20.0. The van der Waals surface area contributed by atoms with Gasteiger partial charge in [-0.3, -0.25) is 9.80 Å². The summed E-state index contributed by atoms with van der Waals surface area (Å²) in [6.07, 6.45) is 49.7. The van der Waals surface area contributed by atoms with Crippen LogP contribution in [0.4, 0.5) is 0 Å². The number of hydrogen-bond acceptors (Lipinski definition) is 2. The first-order valence-electron chi connectivity index (χ1n) is 22.7. The molecule has 2 aliphatic heterocycles. The average Bonchev–Trinajstić information content (AvgIpc) is 3.68. The van der Waals surface area contributed by atoms with Gasteiger partial charge < -0.3 is 0 Å². The van der Waals surface area contributed by atoms with E-state index in [-0.39, 0.29) is 0 Å². The highest BCUT2D eigenvalue weighted by molar-refractivity contribution is 5.17. The maximum Gasteiger partial charge on any atom is 0.0137 e. The van der Waals surface area contributed by atoms with Crippen LogP contribution < -0.4 is 0 Å². The van der Waals surface area contributed by atoms with E-state index in [1.807, 2.05) is 0 Å². The fourth-order valence-electron chi connectivity index (χ4n) is 16.6. The second kappa shape index (κ2) is 13.7. The summed E-state index contributed by atoms with van der Waals surface area (Å²) in [5.41, 5.74) is 0. The molecule has 10 aliphatic rings. The average molecular weight is 653 g/mol. The van der Waals surface area contributed by atoms with E-state index in [0.717, 1.165) is 95.4 Å². The van der Waals surface area contributed by atoms with Crippen LogP contribution in [-0.2, 0) is 0 Å². The molecule has 0 aromatic heterocycles. The van der Waals surface area contributed by atoms with Gasteiger partial charge >= 0.3 is 0 Å². The smallest absolute Gasteiger partial charge is 0.0137 e. The Labute approximate surface area is 295 Å². The summed E-state index contributed by atoms with van der Waals surface area (Å²) in [4.78, 5) is 6.75. The fourth-order valence-corrected chi connectivity index (χ4v) is 16.6. The molecule has 0 amide bonds. The van der Waals surface area contributed by atoms with Crippen molar-refractivity contribution in [3.8, 4) is 0 Å². The van der Waals surface area contributed by atoms with Crippen molar-refractivity contribution in [2.75, 3.05) is 0 Å². The van der Waals surface area contributed by atoms with Crippen LogP contribution in [-0.4, -0.2) is 46.1 Å². The maximum atomic E-state index is 3.40. The largest absolute Gasteiger partial charge is 0.294 e. The zero-order chi connectivity index (χ0) is 31.6. The molecule has 8 aliphatic carbocycles. The molecule has 10 rings (SSSR count). The van der Waals surface area contributed by atoms with Crippen LogP contribution in [0.1, 0.15) is 167 Å². The highest BCUT2D eigenvalue weighted by Gasteiger charge is 2.63. The van der Waals surface area contributed by atoms with E-state index in [4.69, 9.17) is 0 Å². The molecule has 9 fully saturated rings. The lowest BCUT2D eigenvalue weighted by atomic mass is 9.61. The van der Waals surface area contributed by atoms with Gasteiger partial charge in [0.2, 0.25) is 0 Å². The first kappa shape index (κ1) is 32.1. The van der Waals surface area contributed by atoms with Crippen molar-refractivity contribution >= 4 is 0 Å². The minimum atomic E-state index is 0.828. The molecule has 0 spiro atoms. The standard InChI is InChI=1S/C46H72N2/c1-2-11-31(12-3-1)33-23-25-37(26-24-33)47-41-19-8-6-17-39(41)45-43(47)27-28-44-46(45)40-18-7-9-20-42(40)48(44)38-16-10-15-35(30-38)36-22-21-32-13-4-5-14-34(32)29-36/h1-3,11,31-46H,4-10,12-30H2. The van der Waals surface area contributed by atoms with Gasteiger partial charge in [0, 0.05) is 36.3 Å². The Morgan fingerprint density at radius 1 is 0.375 bits per heavy atom. The van der Waals surface area contributed by atoms with E-state index in [1.54, 1.807) is 103 Å². The molecule has 0 N–H and O–H groups in total. The first-order chi connectivity index (χ1) is 23.8. The molecule has 2 heterocycles. The second-order valence-electron chi connectivity index (χ2n) is 20.0. The number of rotatable bonds is 4. The number of fused-ring (bicyclic) bond motifs is 8. The Morgan fingerprint density at radius 2 is 0.938 bits per heavy atom. The molecule has 2 nitrogen and oxygen atoms in total. The van der Waals surface area contributed by atoms with Crippen LogP contribution in [0.15, 0.2) is 24.3 Å². The summed E-state index contributed by atoms with van der Waals surface area (Å²) in [5.74, 6) is 10.3. The van der Waals surface area contributed by atoms with Gasteiger partial charge in [0.1, 0.15) is 0 Å². The Hall–Kier alpha value is -0.600. The zero-order valence-corrected chi connectivity index (χ0v) is 30.8. The molecular formula is C46H72N2. The summed E-state index contributed by atoms with van der Waals surface area (Å²) >= 11 is 0. The number of nitrogens with zero attached hydrogens (tertiary/aromatic N) is 2. The minimum absolute atomic E-state index is 0.828. The van der Waals surface area contributed by atoms with E-state index in [9.17, 15) is 0 Å². The van der Waals surface area contributed by atoms with E-state index in [2.05, 4.69) is 34.1 Å².